The van der Waals surface area contributed by atoms with Crippen molar-refractivity contribution in [3.05, 3.63) is 59.4 Å². The predicted molar refractivity (Wildman–Crippen MR) is 64.3 cm³/mol. The number of aromatic nitrogens is 1. The lowest BCUT2D eigenvalue weighted by atomic mass is 10.1. The van der Waals surface area contributed by atoms with Crippen molar-refractivity contribution in [1.29, 1.82) is 0 Å². The first kappa shape index (κ1) is 10.1. The highest BCUT2D eigenvalue weighted by molar-refractivity contribution is 5.85. The van der Waals surface area contributed by atoms with Gasteiger partial charge in [0.1, 0.15) is 5.69 Å². The largest absolute Gasteiger partial charge is 0.477 e. The summed E-state index contributed by atoms with van der Waals surface area (Å²) in [6, 6.07) is 12.0. The summed E-state index contributed by atoms with van der Waals surface area (Å²) in [5.41, 5.74) is 3.05. The summed E-state index contributed by atoms with van der Waals surface area (Å²) in [7, 11) is 0. The number of nitrogens with zero attached hydrogens (tertiary/aromatic N) is 1. The fourth-order valence-electron chi connectivity index (χ4n) is 2.63. The summed E-state index contributed by atoms with van der Waals surface area (Å²) in [6.07, 6.45) is 3.70. The summed E-state index contributed by atoms with van der Waals surface area (Å²) < 4.78 is 1.88. The number of rotatable bonds is 2. The number of aromatic carboxylic acids is 1. The molecule has 0 atom stereocenters. The van der Waals surface area contributed by atoms with E-state index in [2.05, 4.69) is 12.1 Å². The first-order chi connectivity index (χ1) is 8.25. The van der Waals surface area contributed by atoms with Crippen molar-refractivity contribution in [2.45, 2.75) is 18.9 Å². The Morgan fingerprint density at radius 1 is 1.12 bits per heavy atom. The third-order valence-corrected chi connectivity index (χ3v) is 3.42. The van der Waals surface area contributed by atoms with Crippen LogP contribution in [0, 0.1) is 0 Å². The first-order valence-corrected chi connectivity index (χ1v) is 5.72. The molecule has 1 N–H and O–H groups in total. The van der Waals surface area contributed by atoms with Crippen molar-refractivity contribution in [2.24, 2.45) is 0 Å². The molecule has 3 heteroatoms. The number of carboxylic acid groups (broad SMARTS) is 1. The van der Waals surface area contributed by atoms with Crippen LogP contribution in [0.5, 0.6) is 0 Å². The Kier molecular flexibility index (Phi) is 2.25. The molecule has 3 nitrogen and oxygen atoms in total. The number of hydrogen-bond acceptors (Lipinski definition) is 1. The highest BCUT2D eigenvalue weighted by atomic mass is 16.4. The molecule has 86 valence electrons. The summed E-state index contributed by atoms with van der Waals surface area (Å²) >= 11 is 0. The van der Waals surface area contributed by atoms with Crippen molar-refractivity contribution >= 4 is 5.97 Å². The highest BCUT2D eigenvalue weighted by Crippen LogP contribution is 2.30. The molecule has 17 heavy (non-hydrogen) atoms. The number of carboxylic acids is 1. The summed E-state index contributed by atoms with van der Waals surface area (Å²) in [6.45, 7) is 0. The molecule has 0 unspecified atom stereocenters. The molecule has 0 spiro atoms. The minimum Gasteiger partial charge on any atom is -0.477 e. The SMILES string of the molecule is O=C(O)c1cccn1C1Cc2ccccc2C1. The minimum atomic E-state index is -0.856. The van der Waals surface area contributed by atoms with Gasteiger partial charge in [0.25, 0.3) is 0 Å². The van der Waals surface area contributed by atoms with Gasteiger partial charge >= 0.3 is 5.97 Å². The van der Waals surface area contributed by atoms with Crippen LogP contribution in [0.2, 0.25) is 0 Å². The Morgan fingerprint density at radius 2 is 1.76 bits per heavy atom. The van der Waals surface area contributed by atoms with Crippen LogP contribution in [-0.4, -0.2) is 15.6 Å². The average molecular weight is 227 g/mol. The quantitative estimate of drug-likeness (QED) is 0.856. The topological polar surface area (TPSA) is 42.2 Å². The van der Waals surface area contributed by atoms with Gasteiger partial charge in [-0.05, 0) is 36.1 Å². The van der Waals surface area contributed by atoms with Crippen molar-refractivity contribution in [3.8, 4) is 0 Å². The minimum absolute atomic E-state index is 0.244. The molecule has 3 rings (SSSR count). The fourth-order valence-corrected chi connectivity index (χ4v) is 2.63. The molecule has 0 saturated carbocycles. The molecule has 0 saturated heterocycles. The van der Waals surface area contributed by atoms with E-state index in [4.69, 9.17) is 5.11 Å². The van der Waals surface area contributed by atoms with E-state index in [1.54, 1.807) is 12.1 Å². The van der Waals surface area contributed by atoms with Crippen LogP contribution < -0.4 is 0 Å². The van der Waals surface area contributed by atoms with Crippen LogP contribution in [-0.2, 0) is 12.8 Å². The molecule has 0 bridgehead atoms. The van der Waals surface area contributed by atoms with Gasteiger partial charge in [-0.25, -0.2) is 4.79 Å². The maximum atomic E-state index is 11.1. The highest BCUT2D eigenvalue weighted by Gasteiger charge is 2.24. The van der Waals surface area contributed by atoms with Crippen LogP contribution in [0.15, 0.2) is 42.6 Å². The number of carbonyl (C=O) groups is 1. The molecular weight excluding hydrogens is 214 g/mol. The molecule has 0 amide bonds. The second-order valence-corrected chi connectivity index (χ2v) is 4.44. The molecule has 0 fully saturated rings. The normalized spacial score (nSPS) is 14.8. The summed E-state index contributed by atoms with van der Waals surface area (Å²) in [5, 5.41) is 9.11. The molecule has 1 aromatic heterocycles. The number of hydrogen-bond donors (Lipinski definition) is 1. The fraction of sp³-hybridized carbons (Fsp3) is 0.214. The second kappa shape index (κ2) is 3.77. The van der Waals surface area contributed by atoms with E-state index >= 15 is 0 Å². The van der Waals surface area contributed by atoms with E-state index in [1.807, 2.05) is 22.9 Å². The van der Waals surface area contributed by atoms with E-state index in [-0.39, 0.29) is 6.04 Å². The molecule has 0 radical (unpaired) electrons. The van der Waals surface area contributed by atoms with E-state index in [0.717, 1.165) is 12.8 Å². The smallest absolute Gasteiger partial charge is 0.352 e. The molecule has 0 aliphatic heterocycles. The van der Waals surface area contributed by atoms with Crippen LogP contribution in [0.25, 0.3) is 0 Å². The standard InChI is InChI=1S/C14H13NO2/c16-14(17)13-6-3-7-15(13)12-8-10-4-1-2-5-11(10)9-12/h1-7,12H,8-9H2,(H,16,17). The lowest BCUT2D eigenvalue weighted by Gasteiger charge is -2.13. The molecule has 1 heterocycles. The van der Waals surface area contributed by atoms with Gasteiger partial charge in [0.15, 0.2) is 0 Å². The van der Waals surface area contributed by atoms with E-state index in [1.165, 1.54) is 11.1 Å². The van der Waals surface area contributed by atoms with E-state index in [9.17, 15) is 4.79 Å². The van der Waals surface area contributed by atoms with Crippen LogP contribution in [0.1, 0.15) is 27.7 Å². The van der Waals surface area contributed by atoms with Crippen LogP contribution >= 0.6 is 0 Å². The lowest BCUT2D eigenvalue weighted by molar-refractivity contribution is 0.0682. The van der Waals surface area contributed by atoms with Gasteiger partial charge in [-0.15, -0.1) is 0 Å². The third kappa shape index (κ3) is 1.64. The van der Waals surface area contributed by atoms with Gasteiger partial charge in [-0.2, -0.15) is 0 Å². The maximum absolute atomic E-state index is 11.1. The molecule has 2 aromatic rings. The number of benzene rings is 1. The lowest BCUT2D eigenvalue weighted by Crippen LogP contribution is -2.14. The van der Waals surface area contributed by atoms with Gasteiger partial charge in [0, 0.05) is 12.2 Å². The summed E-state index contributed by atoms with van der Waals surface area (Å²) in [5.74, 6) is -0.856. The van der Waals surface area contributed by atoms with E-state index in [0.29, 0.717) is 5.69 Å². The average Bonchev–Trinajstić information content (AvgIpc) is 2.95. The Morgan fingerprint density at radius 3 is 2.35 bits per heavy atom. The maximum Gasteiger partial charge on any atom is 0.352 e. The van der Waals surface area contributed by atoms with Gasteiger partial charge in [0.05, 0.1) is 0 Å². The van der Waals surface area contributed by atoms with Crippen molar-refractivity contribution < 1.29 is 9.90 Å². The monoisotopic (exact) mass is 227 g/mol. The third-order valence-electron chi connectivity index (χ3n) is 3.42. The van der Waals surface area contributed by atoms with Gasteiger partial charge in [-0.3, -0.25) is 0 Å². The van der Waals surface area contributed by atoms with E-state index < -0.39 is 5.97 Å². The molecule has 1 aromatic carbocycles. The van der Waals surface area contributed by atoms with Crippen molar-refractivity contribution in [2.75, 3.05) is 0 Å². The second-order valence-electron chi connectivity index (χ2n) is 4.44. The Hall–Kier alpha value is -2.03. The van der Waals surface area contributed by atoms with Gasteiger partial charge < -0.3 is 9.67 Å². The van der Waals surface area contributed by atoms with Crippen LogP contribution in [0.3, 0.4) is 0 Å². The zero-order valence-electron chi connectivity index (χ0n) is 9.34. The van der Waals surface area contributed by atoms with Crippen molar-refractivity contribution in [1.82, 2.24) is 4.57 Å². The zero-order chi connectivity index (χ0) is 11.8. The Bertz CT molecular complexity index is 546. The first-order valence-electron chi connectivity index (χ1n) is 5.72. The molecule has 1 aliphatic rings. The summed E-state index contributed by atoms with van der Waals surface area (Å²) in [4.78, 5) is 11.1. The van der Waals surface area contributed by atoms with Gasteiger partial charge in [-0.1, -0.05) is 24.3 Å². The Labute approximate surface area is 99.3 Å². The zero-order valence-corrected chi connectivity index (χ0v) is 9.34. The van der Waals surface area contributed by atoms with Crippen molar-refractivity contribution in [3.63, 3.8) is 0 Å². The molecule has 1 aliphatic carbocycles. The number of fused-ring (bicyclic) bond motifs is 1. The van der Waals surface area contributed by atoms with Gasteiger partial charge in [0.2, 0.25) is 0 Å². The predicted octanol–water partition coefficient (Wildman–Crippen LogP) is 2.53. The van der Waals surface area contributed by atoms with Crippen LogP contribution in [0.4, 0.5) is 0 Å². The molecular formula is C14H13NO2. The Balaban J connectivity index is 1.94.